The third-order valence-electron chi connectivity index (χ3n) is 3.31. The molecule has 2 amide bonds. The molecule has 4 atom stereocenters. The molecule has 3 aliphatic rings. The average Bonchev–Trinajstić information content (AvgIpc) is 2.64. The van der Waals surface area contributed by atoms with E-state index >= 15 is 0 Å². The van der Waals surface area contributed by atoms with Gasteiger partial charge < -0.3 is 0 Å². The van der Waals surface area contributed by atoms with Gasteiger partial charge in [0.05, 0.1) is 11.8 Å². The lowest BCUT2D eigenvalue weighted by Gasteiger charge is -2.14. The summed E-state index contributed by atoms with van der Waals surface area (Å²) < 4.78 is 0. The van der Waals surface area contributed by atoms with Gasteiger partial charge >= 0.3 is 0 Å². The van der Waals surface area contributed by atoms with Gasteiger partial charge in [0.25, 0.3) is 0 Å². The van der Waals surface area contributed by atoms with E-state index < -0.39 is 0 Å². The molecule has 2 bridgehead atoms. The van der Waals surface area contributed by atoms with E-state index in [-0.39, 0.29) is 23.7 Å². The molecule has 1 N–H and O–H groups in total. The Morgan fingerprint density at radius 1 is 1.08 bits per heavy atom. The van der Waals surface area contributed by atoms with Crippen LogP contribution < -0.4 is 5.32 Å². The van der Waals surface area contributed by atoms with Crippen molar-refractivity contribution in [2.45, 2.75) is 6.42 Å². The largest absolute Gasteiger partial charge is 0.296 e. The maximum absolute atomic E-state index is 11.3. The molecule has 0 spiro atoms. The van der Waals surface area contributed by atoms with Crippen LogP contribution in [-0.2, 0) is 9.59 Å². The molecule has 1 heterocycles. The normalized spacial score (nSPS) is 48.3. The molecule has 3 rings (SSSR count). The summed E-state index contributed by atoms with van der Waals surface area (Å²) in [6.45, 7) is 0. The zero-order valence-electron chi connectivity index (χ0n) is 6.49. The zero-order chi connectivity index (χ0) is 8.29. The lowest BCUT2D eigenvalue weighted by atomic mass is 9.85. The van der Waals surface area contributed by atoms with E-state index in [2.05, 4.69) is 17.5 Å². The van der Waals surface area contributed by atoms with Gasteiger partial charge in [0.1, 0.15) is 0 Å². The molecule has 2 fully saturated rings. The second-order valence-electron chi connectivity index (χ2n) is 3.85. The molecule has 3 heteroatoms. The molecule has 12 heavy (non-hydrogen) atoms. The average molecular weight is 163 g/mol. The molecule has 0 unspecified atom stereocenters. The van der Waals surface area contributed by atoms with Crippen LogP contribution in [-0.4, -0.2) is 11.8 Å². The summed E-state index contributed by atoms with van der Waals surface area (Å²) in [5.74, 6) is 0.501. The monoisotopic (exact) mass is 163 g/mol. The van der Waals surface area contributed by atoms with Gasteiger partial charge in [-0.25, -0.2) is 0 Å². The van der Waals surface area contributed by atoms with E-state index in [1.165, 1.54) is 0 Å². The van der Waals surface area contributed by atoms with Gasteiger partial charge in [-0.05, 0) is 18.3 Å². The Kier molecular flexibility index (Phi) is 0.953. The summed E-state index contributed by atoms with van der Waals surface area (Å²) in [5, 5.41) is 2.40. The molecule has 0 aromatic carbocycles. The van der Waals surface area contributed by atoms with Crippen LogP contribution in [0, 0.1) is 23.7 Å². The zero-order valence-corrected chi connectivity index (χ0v) is 6.49. The Balaban J connectivity index is 2.08. The van der Waals surface area contributed by atoms with Gasteiger partial charge in [-0.3, -0.25) is 14.9 Å². The van der Waals surface area contributed by atoms with Crippen LogP contribution in [0.5, 0.6) is 0 Å². The SMILES string of the molecule is O=C1NC(=O)[C@@H]2[C@@H]1[C@H]1C=C[C@H]2C1. The van der Waals surface area contributed by atoms with Crippen molar-refractivity contribution in [1.29, 1.82) is 0 Å². The quantitative estimate of drug-likeness (QED) is 0.406. The van der Waals surface area contributed by atoms with Crippen LogP contribution >= 0.6 is 0 Å². The summed E-state index contributed by atoms with van der Waals surface area (Å²) >= 11 is 0. The van der Waals surface area contributed by atoms with Gasteiger partial charge in [0.2, 0.25) is 11.8 Å². The fourth-order valence-electron chi connectivity index (χ4n) is 2.83. The van der Waals surface area contributed by atoms with Crippen molar-refractivity contribution in [2.75, 3.05) is 0 Å². The van der Waals surface area contributed by atoms with E-state index in [1.54, 1.807) is 0 Å². The highest BCUT2D eigenvalue weighted by atomic mass is 16.2. The van der Waals surface area contributed by atoms with E-state index in [0.29, 0.717) is 11.8 Å². The number of hydrogen-bond acceptors (Lipinski definition) is 2. The Morgan fingerprint density at radius 3 is 2.08 bits per heavy atom. The van der Waals surface area contributed by atoms with Crippen molar-refractivity contribution in [3.63, 3.8) is 0 Å². The topological polar surface area (TPSA) is 46.2 Å². The highest BCUT2D eigenvalue weighted by molar-refractivity contribution is 6.06. The van der Waals surface area contributed by atoms with Crippen LogP contribution in [0.2, 0.25) is 0 Å². The van der Waals surface area contributed by atoms with Crippen molar-refractivity contribution < 1.29 is 9.59 Å². The van der Waals surface area contributed by atoms with Crippen LogP contribution in [0.15, 0.2) is 12.2 Å². The minimum Gasteiger partial charge on any atom is -0.296 e. The van der Waals surface area contributed by atoms with Crippen LogP contribution in [0.1, 0.15) is 6.42 Å². The first-order valence-electron chi connectivity index (χ1n) is 4.30. The van der Waals surface area contributed by atoms with Crippen LogP contribution in [0.4, 0.5) is 0 Å². The Bertz CT molecular complexity index is 280. The number of rotatable bonds is 0. The number of amides is 2. The molecule has 62 valence electrons. The Labute approximate surface area is 69.8 Å². The third kappa shape index (κ3) is 0.543. The Morgan fingerprint density at radius 2 is 1.58 bits per heavy atom. The maximum Gasteiger partial charge on any atom is 0.231 e. The number of allylic oxidation sites excluding steroid dienone is 2. The molecule has 2 aliphatic carbocycles. The molecular formula is C9H9NO2. The number of fused-ring (bicyclic) bond motifs is 5. The van der Waals surface area contributed by atoms with Crippen molar-refractivity contribution in [2.24, 2.45) is 23.7 Å². The molecule has 0 aromatic heterocycles. The molecule has 0 radical (unpaired) electrons. The molecule has 3 nitrogen and oxygen atoms in total. The van der Waals surface area contributed by atoms with Crippen molar-refractivity contribution in [1.82, 2.24) is 5.32 Å². The maximum atomic E-state index is 11.3. The number of imide groups is 1. The number of hydrogen-bond donors (Lipinski definition) is 1. The molecular weight excluding hydrogens is 154 g/mol. The second-order valence-corrected chi connectivity index (χ2v) is 3.85. The van der Waals surface area contributed by atoms with Gasteiger partial charge in [-0.1, -0.05) is 12.2 Å². The summed E-state index contributed by atoms with van der Waals surface area (Å²) in [4.78, 5) is 22.6. The fourth-order valence-corrected chi connectivity index (χ4v) is 2.83. The van der Waals surface area contributed by atoms with Gasteiger partial charge in [-0.2, -0.15) is 0 Å². The summed E-state index contributed by atoms with van der Waals surface area (Å²) in [7, 11) is 0. The highest BCUT2D eigenvalue weighted by Gasteiger charge is 2.55. The standard InChI is InChI=1S/C9H9NO2/c11-8-6-4-1-2-5(3-4)7(6)9(12)10-8/h1-2,4-7H,3H2,(H,10,11,12)/t4-,5-,6-,7-/m0/s1. The van der Waals surface area contributed by atoms with E-state index in [4.69, 9.17) is 0 Å². The lowest BCUT2D eigenvalue weighted by molar-refractivity contribution is -0.126. The number of nitrogens with one attached hydrogen (secondary N) is 1. The lowest BCUT2D eigenvalue weighted by Crippen LogP contribution is -2.25. The summed E-state index contributed by atoms with van der Waals surface area (Å²) in [6, 6.07) is 0. The van der Waals surface area contributed by atoms with Gasteiger partial charge in [0.15, 0.2) is 0 Å². The summed E-state index contributed by atoms with van der Waals surface area (Å²) in [6.07, 6.45) is 5.18. The molecule has 1 saturated heterocycles. The summed E-state index contributed by atoms with van der Waals surface area (Å²) in [5.41, 5.74) is 0. The van der Waals surface area contributed by atoms with Gasteiger partial charge in [0, 0.05) is 0 Å². The first-order valence-corrected chi connectivity index (χ1v) is 4.30. The van der Waals surface area contributed by atoms with E-state index in [1.807, 2.05) is 0 Å². The van der Waals surface area contributed by atoms with Crippen LogP contribution in [0.3, 0.4) is 0 Å². The van der Waals surface area contributed by atoms with Crippen molar-refractivity contribution in [3.8, 4) is 0 Å². The minimum absolute atomic E-state index is 0.0347. The predicted molar refractivity (Wildman–Crippen MR) is 40.9 cm³/mol. The smallest absolute Gasteiger partial charge is 0.231 e. The predicted octanol–water partition coefficient (Wildman–Crippen LogP) is 0.0811. The highest BCUT2D eigenvalue weighted by Crippen LogP contribution is 2.50. The van der Waals surface area contributed by atoms with E-state index in [0.717, 1.165) is 6.42 Å². The first-order chi connectivity index (χ1) is 5.77. The van der Waals surface area contributed by atoms with Gasteiger partial charge in [-0.15, -0.1) is 0 Å². The Hall–Kier alpha value is -1.12. The fraction of sp³-hybridized carbons (Fsp3) is 0.556. The van der Waals surface area contributed by atoms with E-state index in [9.17, 15) is 9.59 Å². The number of carbonyl (C=O) groups is 2. The van der Waals surface area contributed by atoms with Crippen molar-refractivity contribution in [3.05, 3.63) is 12.2 Å². The first kappa shape index (κ1) is 6.40. The minimum atomic E-state index is -0.0538. The molecule has 1 aliphatic heterocycles. The van der Waals surface area contributed by atoms with Crippen LogP contribution in [0.25, 0.3) is 0 Å². The molecule has 1 saturated carbocycles. The second kappa shape index (κ2) is 1.79. The third-order valence-corrected chi connectivity index (χ3v) is 3.31. The molecule has 0 aromatic rings. The number of carbonyl (C=O) groups excluding carboxylic acids is 2. The van der Waals surface area contributed by atoms with Crippen molar-refractivity contribution >= 4 is 11.8 Å².